The minimum absolute atomic E-state index is 0.111. The van der Waals surface area contributed by atoms with Crippen LogP contribution in [0.15, 0.2) is 11.6 Å². The van der Waals surface area contributed by atoms with E-state index in [1.165, 1.54) is 6.92 Å². The molecule has 0 radical (unpaired) electrons. The minimum Gasteiger partial charge on any atom is -0.462 e. The highest BCUT2D eigenvalue weighted by Gasteiger charge is 2.74. The zero-order valence-electron chi connectivity index (χ0n) is 31.2. The van der Waals surface area contributed by atoms with Crippen LogP contribution in [0.2, 0.25) is 0 Å². The molecule has 0 amide bonds. The zero-order chi connectivity index (χ0) is 36.8. The van der Waals surface area contributed by atoms with E-state index in [9.17, 15) is 29.1 Å². The summed E-state index contributed by atoms with van der Waals surface area (Å²) < 4.78 is 30.8. The molecular weight excluding hydrogens is 632 g/mol. The van der Waals surface area contributed by atoms with Gasteiger partial charge in [0.05, 0.1) is 0 Å². The monoisotopic (exact) mass is 692 g/mol. The molecule has 2 saturated carbocycles. The molecule has 3 aliphatic carbocycles. The van der Waals surface area contributed by atoms with Crippen LogP contribution in [0.1, 0.15) is 127 Å². The molecular formula is C38H60O11. The van der Waals surface area contributed by atoms with Crippen molar-refractivity contribution >= 4 is 29.8 Å². The number of carbonyl (C=O) groups is 5. The van der Waals surface area contributed by atoms with E-state index < -0.39 is 95.1 Å². The van der Waals surface area contributed by atoms with Crippen molar-refractivity contribution in [3.63, 3.8) is 0 Å². The van der Waals surface area contributed by atoms with Gasteiger partial charge in [-0.2, -0.15) is 0 Å². The standard InChI is InChI=1S/C38H60O11/c1-11-15-26(40)46-25-20-37(9)24(19-22(7)33(45-23(8)39)32(44)35(37)48-28(42)17-13-3)31-30(21(5)6)34(47-27(41)16-12-2)36(38(25,31)10)49-29(43)18-14-4/h19,21,24-25,30-36,44H,11-18,20H2,1-10H3/t24-,25+,30-,31+,32+,33+,34-,35-,36+,37-,38+/m1/s1. The van der Waals surface area contributed by atoms with Crippen molar-refractivity contribution in [2.75, 3.05) is 0 Å². The van der Waals surface area contributed by atoms with Crippen LogP contribution in [-0.2, 0) is 47.7 Å². The number of hydrogen-bond acceptors (Lipinski definition) is 11. The maximum atomic E-state index is 13.4. The minimum atomic E-state index is -1.43. The van der Waals surface area contributed by atoms with E-state index in [1.807, 2.05) is 61.5 Å². The highest BCUT2D eigenvalue weighted by molar-refractivity contribution is 5.72. The molecule has 278 valence electrons. The third-order valence-corrected chi connectivity index (χ3v) is 11.0. The van der Waals surface area contributed by atoms with Gasteiger partial charge in [0.15, 0.2) is 6.10 Å². The van der Waals surface area contributed by atoms with Gasteiger partial charge in [-0.25, -0.2) is 0 Å². The lowest BCUT2D eigenvalue weighted by atomic mass is 9.49. The Morgan fingerprint density at radius 1 is 0.776 bits per heavy atom. The second kappa shape index (κ2) is 16.8. The molecule has 0 aromatic heterocycles. The summed E-state index contributed by atoms with van der Waals surface area (Å²) in [6.45, 7) is 18.4. The van der Waals surface area contributed by atoms with Crippen molar-refractivity contribution < 1.29 is 52.8 Å². The summed E-state index contributed by atoms with van der Waals surface area (Å²) in [5, 5.41) is 12.0. The van der Waals surface area contributed by atoms with E-state index in [4.69, 9.17) is 23.7 Å². The molecule has 11 atom stereocenters. The van der Waals surface area contributed by atoms with Crippen LogP contribution in [0.4, 0.5) is 0 Å². The molecule has 11 nitrogen and oxygen atoms in total. The largest absolute Gasteiger partial charge is 0.462 e. The molecule has 0 aromatic rings. The summed E-state index contributed by atoms with van der Waals surface area (Å²) in [5.41, 5.74) is -1.55. The first-order valence-electron chi connectivity index (χ1n) is 18.3. The molecule has 0 bridgehead atoms. The van der Waals surface area contributed by atoms with Crippen LogP contribution >= 0.6 is 0 Å². The Hall–Kier alpha value is -2.95. The SMILES string of the molecule is CCCC(=O)O[C@@H]1[C@H](C(C)C)[C@@H]2[C@H]3C=C(C)[C@H](OC(C)=O)[C@H](O)[C@@H](OC(=O)CCC)[C@]3(C)C[C@H](OC(=O)CCC)[C@]2(C)[C@H]1OC(=O)CCC. The molecule has 0 heterocycles. The van der Waals surface area contributed by atoms with E-state index in [0.717, 1.165) is 0 Å². The Kier molecular flexibility index (Phi) is 13.9. The van der Waals surface area contributed by atoms with Gasteiger partial charge < -0.3 is 28.8 Å². The molecule has 0 aromatic carbocycles. The summed E-state index contributed by atoms with van der Waals surface area (Å²) in [6.07, 6.45) is -1.50. The van der Waals surface area contributed by atoms with Gasteiger partial charge in [-0.15, -0.1) is 0 Å². The fourth-order valence-corrected chi connectivity index (χ4v) is 8.84. The lowest BCUT2D eigenvalue weighted by molar-refractivity contribution is -0.224. The Bertz CT molecular complexity index is 1240. The van der Waals surface area contributed by atoms with Crippen molar-refractivity contribution in [1.29, 1.82) is 0 Å². The van der Waals surface area contributed by atoms with Gasteiger partial charge in [0.1, 0.15) is 30.5 Å². The summed E-state index contributed by atoms with van der Waals surface area (Å²) >= 11 is 0. The van der Waals surface area contributed by atoms with Gasteiger partial charge in [0, 0.05) is 49.4 Å². The molecule has 0 saturated heterocycles. The highest BCUT2D eigenvalue weighted by Crippen LogP contribution is 2.67. The van der Waals surface area contributed by atoms with Gasteiger partial charge in [-0.3, -0.25) is 24.0 Å². The molecule has 1 N–H and O–H groups in total. The average Bonchev–Trinajstić information content (AvgIpc) is 3.21. The smallest absolute Gasteiger partial charge is 0.306 e. The normalized spacial score (nSPS) is 35.3. The molecule has 11 heteroatoms. The lowest BCUT2D eigenvalue weighted by Gasteiger charge is -2.58. The van der Waals surface area contributed by atoms with Crippen LogP contribution in [0.25, 0.3) is 0 Å². The molecule has 2 fully saturated rings. The quantitative estimate of drug-likeness (QED) is 0.129. The van der Waals surface area contributed by atoms with Crippen molar-refractivity contribution in [2.24, 2.45) is 34.5 Å². The van der Waals surface area contributed by atoms with E-state index >= 15 is 0 Å². The number of aliphatic hydroxyl groups excluding tert-OH is 1. The number of aliphatic hydroxyl groups is 1. The van der Waals surface area contributed by atoms with Crippen molar-refractivity contribution in [2.45, 2.75) is 164 Å². The van der Waals surface area contributed by atoms with Gasteiger partial charge in [-0.1, -0.05) is 61.5 Å². The number of rotatable bonds is 14. The van der Waals surface area contributed by atoms with Crippen LogP contribution in [0.3, 0.4) is 0 Å². The number of allylic oxidation sites excluding steroid dienone is 1. The Morgan fingerprint density at radius 3 is 1.71 bits per heavy atom. The predicted octanol–water partition coefficient (Wildman–Crippen LogP) is 6.02. The second-order valence-electron chi connectivity index (χ2n) is 15.1. The number of fused-ring (bicyclic) bond motifs is 3. The van der Waals surface area contributed by atoms with Gasteiger partial charge in [0.2, 0.25) is 0 Å². The Balaban J connectivity index is 2.40. The summed E-state index contributed by atoms with van der Waals surface area (Å²) in [6, 6.07) is 0. The number of hydrogen-bond donors (Lipinski definition) is 1. The van der Waals surface area contributed by atoms with Crippen molar-refractivity contribution in [3.05, 3.63) is 11.6 Å². The number of esters is 5. The average molecular weight is 693 g/mol. The molecule has 0 unspecified atom stereocenters. The van der Waals surface area contributed by atoms with Gasteiger partial charge >= 0.3 is 29.8 Å². The third-order valence-electron chi connectivity index (χ3n) is 11.0. The number of ether oxygens (including phenoxy) is 5. The fourth-order valence-electron chi connectivity index (χ4n) is 8.84. The summed E-state index contributed by atoms with van der Waals surface area (Å²) in [4.78, 5) is 65.5. The molecule has 3 aliphatic rings. The summed E-state index contributed by atoms with van der Waals surface area (Å²) in [7, 11) is 0. The van der Waals surface area contributed by atoms with E-state index in [1.54, 1.807) is 6.92 Å². The number of carbonyl (C=O) groups excluding carboxylic acids is 5. The van der Waals surface area contributed by atoms with Crippen LogP contribution < -0.4 is 0 Å². The molecule has 3 rings (SSSR count). The lowest BCUT2D eigenvalue weighted by Crippen LogP contribution is -2.63. The maximum Gasteiger partial charge on any atom is 0.306 e. The van der Waals surface area contributed by atoms with Crippen LogP contribution in [-0.4, -0.2) is 71.6 Å². The first-order valence-corrected chi connectivity index (χ1v) is 18.3. The third kappa shape index (κ3) is 8.34. The van der Waals surface area contributed by atoms with E-state index in [2.05, 4.69) is 0 Å². The van der Waals surface area contributed by atoms with Gasteiger partial charge in [0.25, 0.3) is 0 Å². The highest BCUT2D eigenvalue weighted by atomic mass is 16.6. The topological polar surface area (TPSA) is 152 Å². The second-order valence-corrected chi connectivity index (χ2v) is 15.1. The van der Waals surface area contributed by atoms with Gasteiger partial charge in [-0.05, 0) is 62.4 Å². The summed E-state index contributed by atoms with van der Waals surface area (Å²) in [5.74, 6) is -3.86. The fraction of sp³-hybridized carbons (Fsp3) is 0.816. The van der Waals surface area contributed by atoms with E-state index in [-0.39, 0.29) is 38.0 Å². The zero-order valence-corrected chi connectivity index (χ0v) is 31.2. The Morgan fingerprint density at radius 2 is 1.24 bits per heavy atom. The van der Waals surface area contributed by atoms with E-state index in [0.29, 0.717) is 31.3 Å². The first kappa shape index (κ1) is 40.5. The van der Waals surface area contributed by atoms with Crippen LogP contribution in [0, 0.1) is 34.5 Å². The van der Waals surface area contributed by atoms with Crippen molar-refractivity contribution in [3.8, 4) is 0 Å². The molecule has 0 spiro atoms. The Labute approximate surface area is 292 Å². The first-order chi connectivity index (χ1) is 23.0. The maximum absolute atomic E-state index is 13.4. The molecule has 49 heavy (non-hydrogen) atoms. The molecule has 0 aliphatic heterocycles. The van der Waals surface area contributed by atoms with Crippen molar-refractivity contribution in [1.82, 2.24) is 0 Å². The van der Waals surface area contributed by atoms with Crippen LogP contribution in [0.5, 0.6) is 0 Å². The predicted molar refractivity (Wildman–Crippen MR) is 181 cm³/mol.